The van der Waals surface area contributed by atoms with Crippen LogP contribution >= 0.6 is 0 Å². The third-order valence-corrected chi connectivity index (χ3v) is 12.0. The quantitative estimate of drug-likeness (QED) is 0.444. The monoisotopic (exact) mass is 384 g/mol. The minimum atomic E-state index is -1.97. The summed E-state index contributed by atoms with van der Waals surface area (Å²) >= 11 is 0. The molecule has 1 aliphatic heterocycles. The van der Waals surface area contributed by atoms with Crippen LogP contribution in [-0.2, 0) is 18.8 Å². The first-order chi connectivity index (χ1) is 12.1. The number of carbonyl (C=O) groups excluding carboxylic acids is 2. The van der Waals surface area contributed by atoms with E-state index in [-0.39, 0.29) is 30.4 Å². The van der Waals surface area contributed by atoms with Crippen LogP contribution in [0.5, 0.6) is 0 Å². The fraction of sp³-hybridized carbons (Fsp3) is 0.905. The smallest absolute Gasteiger partial charge is 0.306 e. The van der Waals surface area contributed by atoms with E-state index in [2.05, 4.69) is 41.5 Å². The molecule has 0 aliphatic carbocycles. The minimum absolute atomic E-state index is 0.103. The highest BCUT2D eigenvalue weighted by Crippen LogP contribution is 2.44. The molecule has 26 heavy (non-hydrogen) atoms. The number of hydrogen-bond donors (Lipinski definition) is 0. The maximum atomic E-state index is 12.0. The number of hydrogen-bond acceptors (Lipinski definition) is 4. The van der Waals surface area contributed by atoms with Crippen LogP contribution in [0.3, 0.4) is 0 Å². The van der Waals surface area contributed by atoms with E-state index in [1.165, 1.54) is 0 Å². The van der Waals surface area contributed by atoms with Gasteiger partial charge in [0.05, 0.1) is 6.42 Å². The highest BCUT2D eigenvalue weighted by Gasteiger charge is 2.46. The second-order valence-corrected chi connectivity index (χ2v) is 14.3. The summed E-state index contributed by atoms with van der Waals surface area (Å²) in [5, 5.41) is 0. The summed E-state index contributed by atoms with van der Waals surface area (Å²) in [4.78, 5) is 23.8. The molecule has 0 aromatic carbocycles. The van der Waals surface area contributed by atoms with E-state index in [4.69, 9.17) is 9.16 Å². The Morgan fingerprint density at radius 2 is 1.50 bits per heavy atom. The van der Waals surface area contributed by atoms with Crippen molar-refractivity contribution in [2.45, 2.75) is 122 Å². The first-order valence-corrected chi connectivity index (χ1v) is 12.6. The molecule has 1 unspecified atom stereocenters. The third-order valence-electron chi connectivity index (χ3n) is 5.85. The molecule has 1 rings (SSSR count). The Kier molecular flexibility index (Phi) is 9.52. The first-order valence-electron chi connectivity index (χ1n) is 10.5. The molecule has 0 amide bonds. The number of ketones is 1. The largest absolute Gasteiger partial charge is 0.463 e. The van der Waals surface area contributed by atoms with Gasteiger partial charge < -0.3 is 9.16 Å². The van der Waals surface area contributed by atoms with Crippen molar-refractivity contribution in [1.29, 1.82) is 0 Å². The van der Waals surface area contributed by atoms with E-state index in [1.54, 1.807) is 0 Å². The molecule has 0 radical (unpaired) electrons. The fourth-order valence-electron chi connectivity index (χ4n) is 4.68. The molecule has 0 bridgehead atoms. The summed E-state index contributed by atoms with van der Waals surface area (Å²) in [5.74, 6) is -0.0897. The molecule has 1 aliphatic rings. The van der Waals surface area contributed by atoms with E-state index in [0.717, 1.165) is 25.7 Å². The molecule has 0 aromatic heterocycles. The molecule has 0 spiro atoms. The maximum Gasteiger partial charge on any atom is 0.306 e. The van der Waals surface area contributed by atoms with Gasteiger partial charge in [0.25, 0.3) is 0 Å². The number of esters is 1. The van der Waals surface area contributed by atoms with E-state index < -0.39 is 8.32 Å². The predicted molar refractivity (Wildman–Crippen MR) is 109 cm³/mol. The Morgan fingerprint density at radius 3 is 2.04 bits per heavy atom. The second kappa shape index (κ2) is 10.6. The summed E-state index contributed by atoms with van der Waals surface area (Å²) in [6.07, 6.45) is 4.60. The number of ether oxygens (including phenoxy) is 1. The minimum Gasteiger partial charge on any atom is -0.463 e. The van der Waals surface area contributed by atoms with Crippen molar-refractivity contribution in [2.24, 2.45) is 0 Å². The lowest BCUT2D eigenvalue weighted by Gasteiger charge is -2.45. The van der Waals surface area contributed by atoms with Gasteiger partial charge in [0, 0.05) is 25.4 Å². The van der Waals surface area contributed by atoms with Gasteiger partial charge in [-0.25, -0.2) is 0 Å². The van der Waals surface area contributed by atoms with Crippen molar-refractivity contribution < 1.29 is 18.8 Å². The van der Waals surface area contributed by atoms with Crippen LogP contribution in [0.1, 0.15) is 93.4 Å². The molecule has 4 nitrogen and oxygen atoms in total. The lowest BCUT2D eigenvalue weighted by Crippen LogP contribution is -2.50. The standard InChI is InChI=1S/C21H40O4Si/c1-15(2)26(16(3)4,17(5)6)25-20-11-9-8-10-19(22)12-13-21(23)24-18(7)14-20/h15-18,20H,8-14H2,1-7H3/t18-,20?/m1/s1. The molecule has 0 aromatic rings. The normalized spacial score (nSPS) is 24.5. The van der Waals surface area contributed by atoms with Crippen molar-refractivity contribution in [3.63, 3.8) is 0 Å². The topological polar surface area (TPSA) is 52.6 Å². The lowest BCUT2D eigenvalue weighted by molar-refractivity contribution is -0.150. The maximum absolute atomic E-state index is 12.0. The molecular weight excluding hydrogens is 344 g/mol. The summed E-state index contributed by atoms with van der Waals surface area (Å²) in [7, 11) is -1.97. The number of cyclic esters (lactones) is 1. The molecule has 5 heteroatoms. The molecule has 0 saturated carbocycles. The van der Waals surface area contributed by atoms with E-state index in [1.807, 2.05) is 6.92 Å². The third kappa shape index (κ3) is 6.49. The summed E-state index contributed by atoms with van der Waals surface area (Å²) in [6, 6.07) is 0. The van der Waals surface area contributed by atoms with Crippen molar-refractivity contribution in [3.05, 3.63) is 0 Å². The molecule has 1 fully saturated rings. The summed E-state index contributed by atoms with van der Waals surface area (Å²) in [6.45, 7) is 15.7. The molecular formula is C21H40O4Si. The fourth-order valence-corrected chi connectivity index (χ4v) is 10.3. The molecule has 2 atom stereocenters. The van der Waals surface area contributed by atoms with Crippen LogP contribution in [0.15, 0.2) is 0 Å². The SMILES string of the molecule is CC(C)[Si](OC1CCCCC(=O)CCC(=O)O[C@H](C)C1)(C(C)C)C(C)C. The van der Waals surface area contributed by atoms with Crippen LogP contribution in [0.4, 0.5) is 0 Å². The van der Waals surface area contributed by atoms with Crippen molar-refractivity contribution in [2.75, 3.05) is 0 Å². The lowest BCUT2D eigenvalue weighted by atomic mass is 10.0. The zero-order valence-electron chi connectivity index (χ0n) is 18.0. The first kappa shape index (κ1) is 23.4. The van der Waals surface area contributed by atoms with Gasteiger partial charge in [-0.15, -0.1) is 0 Å². The van der Waals surface area contributed by atoms with Crippen LogP contribution in [-0.4, -0.2) is 32.3 Å². The average Bonchev–Trinajstić information content (AvgIpc) is 2.51. The van der Waals surface area contributed by atoms with Gasteiger partial charge in [0.1, 0.15) is 11.9 Å². The van der Waals surface area contributed by atoms with Gasteiger partial charge in [0.15, 0.2) is 0 Å². The van der Waals surface area contributed by atoms with Gasteiger partial charge in [0.2, 0.25) is 8.32 Å². The molecule has 152 valence electrons. The highest BCUT2D eigenvalue weighted by molar-refractivity contribution is 6.77. The second-order valence-electron chi connectivity index (χ2n) is 8.88. The van der Waals surface area contributed by atoms with E-state index in [0.29, 0.717) is 29.5 Å². The number of carbonyl (C=O) groups is 2. The van der Waals surface area contributed by atoms with Gasteiger partial charge in [-0.3, -0.25) is 9.59 Å². The van der Waals surface area contributed by atoms with Crippen LogP contribution in [0.2, 0.25) is 16.6 Å². The Morgan fingerprint density at radius 1 is 0.923 bits per heavy atom. The van der Waals surface area contributed by atoms with Crippen molar-refractivity contribution in [3.8, 4) is 0 Å². The van der Waals surface area contributed by atoms with Gasteiger partial charge in [-0.1, -0.05) is 48.0 Å². The zero-order chi connectivity index (χ0) is 19.9. The van der Waals surface area contributed by atoms with Crippen LogP contribution < -0.4 is 0 Å². The summed E-state index contributed by atoms with van der Waals surface area (Å²) < 4.78 is 12.5. The Hall–Kier alpha value is -0.683. The van der Waals surface area contributed by atoms with Gasteiger partial charge in [-0.2, -0.15) is 0 Å². The zero-order valence-corrected chi connectivity index (χ0v) is 19.0. The van der Waals surface area contributed by atoms with Crippen molar-refractivity contribution in [1.82, 2.24) is 0 Å². The Labute approximate surface area is 161 Å². The number of rotatable bonds is 5. The summed E-state index contributed by atoms with van der Waals surface area (Å²) in [5.41, 5.74) is 1.59. The molecule has 1 saturated heterocycles. The van der Waals surface area contributed by atoms with Crippen molar-refractivity contribution >= 4 is 20.1 Å². The Bertz CT molecular complexity index is 437. The van der Waals surface area contributed by atoms with Gasteiger partial charge >= 0.3 is 5.97 Å². The van der Waals surface area contributed by atoms with Crippen LogP contribution in [0.25, 0.3) is 0 Å². The van der Waals surface area contributed by atoms with E-state index in [9.17, 15) is 9.59 Å². The average molecular weight is 385 g/mol. The van der Waals surface area contributed by atoms with E-state index >= 15 is 0 Å². The Balaban J connectivity index is 2.96. The predicted octanol–water partition coefficient (Wildman–Crippen LogP) is 5.79. The van der Waals surface area contributed by atoms with Crippen LogP contribution in [0, 0.1) is 0 Å². The van der Waals surface area contributed by atoms with Gasteiger partial charge in [-0.05, 0) is 36.4 Å². The number of Topliss-reactive ketones (excluding diaryl/α,β-unsaturated/α-hetero) is 1. The molecule has 0 N–H and O–H groups in total. The molecule has 1 heterocycles. The highest BCUT2D eigenvalue weighted by atomic mass is 28.4.